The summed E-state index contributed by atoms with van der Waals surface area (Å²) in [4.78, 5) is 28.6. The molecule has 3 rings (SSSR count). The average molecular weight is 403 g/mol. The summed E-state index contributed by atoms with van der Waals surface area (Å²) in [5.74, 6) is -0.533. The number of aromatic nitrogens is 3. The molecule has 1 atom stereocenters. The zero-order chi connectivity index (χ0) is 20.4. The van der Waals surface area contributed by atoms with E-state index in [1.54, 1.807) is 34.6 Å². The van der Waals surface area contributed by atoms with Crippen molar-refractivity contribution in [1.82, 2.24) is 15.2 Å². The van der Waals surface area contributed by atoms with Gasteiger partial charge in [0.1, 0.15) is 5.69 Å². The lowest BCUT2D eigenvalue weighted by Gasteiger charge is -2.10. The fraction of sp³-hybridized carbons (Fsp3) is 0.368. The quantitative estimate of drug-likeness (QED) is 0.614. The molecule has 0 saturated heterocycles. The highest BCUT2D eigenvalue weighted by molar-refractivity contribution is 7.13. The van der Waals surface area contributed by atoms with E-state index in [4.69, 9.17) is 13.9 Å². The number of esters is 2. The second-order valence-corrected chi connectivity index (χ2v) is 7.50. The Bertz CT molecular complexity index is 988. The van der Waals surface area contributed by atoms with Gasteiger partial charge in [0.2, 0.25) is 0 Å². The van der Waals surface area contributed by atoms with Crippen molar-refractivity contribution in [3.8, 4) is 10.8 Å². The van der Waals surface area contributed by atoms with E-state index in [0.717, 1.165) is 4.88 Å². The van der Waals surface area contributed by atoms with E-state index in [1.165, 1.54) is 11.3 Å². The van der Waals surface area contributed by atoms with Crippen molar-refractivity contribution in [3.63, 3.8) is 0 Å². The van der Waals surface area contributed by atoms with Crippen molar-refractivity contribution in [1.29, 1.82) is 0 Å². The lowest BCUT2D eigenvalue weighted by molar-refractivity contribution is 0.0272. The third-order valence-corrected chi connectivity index (χ3v) is 4.85. The first-order valence-electron chi connectivity index (χ1n) is 8.76. The highest BCUT2D eigenvalue weighted by Gasteiger charge is 2.27. The zero-order valence-electron chi connectivity index (χ0n) is 16.2. The Morgan fingerprint density at radius 2 is 1.89 bits per heavy atom. The molecule has 0 aliphatic carbocycles. The van der Waals surface area contributed by atoms with Gasteiger partial charge in [0.05, 0.1) is 16.5 Å². The number of ether oxygens (including phenoxy) is 2. The minimum absolute atomic E-state index is 0.192. The summed E-state index contributed by atoms with van der Waals surface area (Å²) >= 11 is 1.47. The molecule has 148 valence electrons. The van der Waals surface area contributed by atoms with Crippen molar-refractivity contribution in [2.75, 3.05) is 0 Å². The molecule has 3 heterocycles. The Hall–Kier alpha value is -2.94. The van der Waals surface area contributed by atoms with Gasteiger partial charge < -0.3 is 18.9 Å². The third kappa shape index (κ3) is 3.99. The van der Waals surface area contributed by atoms with Crippen LogP contribution >= 0.6 is 11.3 Å². The summed E-state index contributed by atoms with van der Waals surface area (Å²) in [5.41, 5.74) is 1.55. The number of thiophene rings is 1. The maximum Gasteiger partial charge on any atom is 0.355 e. The highest BCUT2D eigenvalue weighted by Crippen LogP contribution is 2.27. The van der Waals surface area contributed by atoms with Crippen molar-refractivity contribution in [2.45, 2.75) is 46.8 Å². The molecular weight excluding hydrogens is 382 g/mol. The van der Waals surface area contributed by atoms with Gasteiger partial charge in [-0.05, 0) is 51.6 Å². The van der Waals surface area contributed by atoms with Crippen LogP contribution < -0.4 is 0 Å². The molecule has 0 spiro atoms. The van der Waals surface area contributed by atoms with Crippen LogP contribution in [0.15, 0.2) is 21.9 Å². The minimum Gasteiger partial charge on any atom is -0.459 e. The van der Waals surface area contributed by atoms with Crippen LogP contribution in [0.3, 0.4) is 0 Å². The second kappa shape index (κ2) is 7.97. The first kappa shape index (κ1) is 19.8. The number of hydrogen-bond acceptors (Lipinski definition) is 8. The van der Waals surface area contributed by atoms with Gasteiger partial charge in [0.25, 0.3) is 11.8 Å². The molecule has 1 N–H and O–H groups in total. The number of aromatic amines is 1. The average Bonchev–Trinajstić information content (AvgIpc) is 3.33. The number of carbonyl (C=O) groups is 2. The van der Waals surface area contributed by atoms with Crippen LogP contribution in [0.4, 0.5) is 0 Å². The fourth-order valence-electron chi connectivity index (χ4n) is 2.70. The Labute approximate surface area is 165 Å². The molecule has 9 heteroatoms. The van der Waals surface area contributed by atoms with Crippen LogP contribution in [0.2, 0.25) is 0 Å². The lowest BCUT2D eigenvalue weighted by Crippen LogP contribution is -2.14. The van der Waals surface area contributed by atoms with Crippen LogP contribution in [0.5, 0.6) is 0 Å². The molecule has 3 aromatic heterocycles. The Morgan fingerprint density at radius 1 is 1.14 bits per heavy atom. The largest absolute Gasteiger partial charge is 0.459 e. The monoisotopic (exact) mass is 403 g/mol. The van der Waals surface area contributed by atoms with Gasteiger partial charge >= 0.3 is 11.9 Å². The number of rotatable bonds is 6. The molecule has 1 unspecified atom stereocenters. The molecular formula is C19H21N3O5S. The van der Waals surface area contributed by atoms with E-state index >= 15 is 0 Å². The fourth-order valence-corrected chi connectivity index (χ4v) is 3.35. The molecule has 3 aromatic rings. The van der Waals surface area contributed by atoms with E-state index in [-0.39, 0.29) is 17.7 Å². The molecule has 0 bridgehead atoms. The van der Waals surface area contributed by atoms with Crippen molar-refractivity contribution in [2.24, 2.45) is 0 Å². The molecule has 0 fully saturated rings. The van der Waals surface area contributed by atoms with Crippen LogP contribution in [0.25, 0.3) is 10.8 Å². The Balaban J connectivity index is 1.75. The smallest absolute Gasteiger partial charge is 0.355 e. The predicted molar refractivity (Wildman–Crippen MR) is 102 cm³/mol. The summed E-state index contributed by atoms with van der Waals surface area (Å²) in [6.07, 6.45) is -1.01. The summed E-state index contributed by atoms with van der Waals surface area (Å²) in [6.45, 7) is 8.54. The van der Waals surface area contributed by atoms with Crippen molar-refractivity contribution >= 4 is 23.3 Å². The molecule has 28 heavy (non-hydrogen) atoms. The van der Waals surface area contributed by atoms with Crippen molar-refractivity contribution < 1.29 is 23.5 Å². The van der Waals surface area contributed by atoms with Gasteiger partial charge in [-0.15, -0.1) is 21.5 Å². The molecule has 0 aromatic carbocycles. The molecule has 0 radical (unpaired) electrons. The van der Waals surface area contributed by atoms with Crippen molar-refractivity contribution in [3.05, 3.63) is 45.9 Å². The highest BCUT2D eigenvalue weighted by atomic mass is 32.1. The lowest BCUT2D eigenvalue weighted by atomic mass is 10.1. The summed E-state index contributed by atoms with van der Waals surface area (Å²) in [5, 5.41) is 9.84. The van der Waals surface area contributed by atoms with Crippen LogP contribution in [0, 0.1) is 13.8 Å². The number of H-pyrrole nitrogens is 1. The number of carbonyl (C=O) groups excluding carboxylic acids is 2. The normalized spacial score (nSPS) is 12.2. The molecule has 0 amide bonds. The van der Waals surface area contributed by atoms with E-state index < -0.39 is 18.0 Å². The SMILES string of the molecule is Cc1[nH]c(C(=O)OC(C)c2nnc(-c3cccs3)o2)c(C)c1C(=O)OC(C)C. The maximum atomic E-state index is 12.6. The number of nitrogens with one attached hydrogen (secondary N) is 1. The van der Waals surface area contributed by atoms with Gasteiger partial charge in [0, 0.05) is 5.69 Å². The van der Waals surface area contributed by atoms with Gasteiger partial charge in [-0.3, -0.25) is 0 Å². The number of hydrogen-bond donors (Lipinski definition) is 1. The van der Waals surface area contributed by atoms with Gasteiger partial charge in [-0.1, -0.05) is 6.07 Å². The topological polar surface area (TPSA) is 107 Å². The van der Waals surface area contributed by atoms with E-state index in [1.807, 2.05) is 17.5 Å². The Kier molecular flexibility index (Phi) is 5.64. The minimum atomic E-state index is -0.747. The maximum absolute atomic E-state index is 12.6. The number of aryl methyl sites for hydroxylation is 1. The van der Waals surface area contributed by atoms with E-state index in [9.17, 15) is 9.59 Å². The van der Waals surface area contributed by atoms with Crippen LogP contribution in [-0.2, 0) is 9.47 Å². The number of nitrogens with zero attached hydrogens (tertiary/aromatic N) is 2. The first-order valence-corrected chi connectivity index (χ1v) is 9.64. The van der Waals surface area contributed by atoms with E-state index in [2.05, 4.69) is 15.2 Å². The van der Waals surface area contributed by atoms with Crippen LogP contribution in [0.1, 0.15) is 64.9 Å². The second-order valence-electron chi connectivity index (χ2n) is 6.55. The predicted octanol–water partition coefficient (Wildman–Crippen LogP) is 4.23. The molecule has 8 nitrogen and oxygen atoms in total. The molecule has 0 aliphatic heterocycles. The van der Waals surface area contributed by atoms with Gasteiger partial charge in [-0.2, -0.15) is 0 Å². The van der Waals surface area contributed by atoms with Crippen LogP contribution in [-0.4, -0.2) is 33.2 Å². The first-order chi connectivity index (χ1) is 13.3. The summed E-state index contributed by atoms with van der Waals surface area (Å²) in [6, 6.07) is 3.74. The summed E-state index contributed by atoms with van der Waals surface area (Å²) in [7, 11) is 0. The molecule has 0 saturated carbocycles. The third-order valence-electron chi connectivity index (χ3n) is 3.99. The molecule has 0 aliphatic rings. The standard InChI is InChI=1S/C19H21N3O5S/c1-9(2)25-18(23)14-10(3)15(20-11(14)4)19(24)26-12(5)16-21-22-17(27-16)13-7-6-8-28-13/h6-9,12,20H,1-5H3. The Morgan fingerprint density at radius 3 is 2.54 bits per heavy atom. The van der Waals surface area contributed by atoms with E-state index in [0.29, 0.717) is 22.7 Å². The van der Waals surface area contributed by atoms with Gasteiger partial charge in [-0.25, -0.2) is 9.59 Å². The summed E-state index contributed by atoms with van der Waals surface area (Å²) < 4.78 is 16.3. The zero-order valence-corrected chi connectivity index (χ0v) is 17.0. The van der Waals surface area contributed by atoms with Gasteiger partial charge in [0.15, 0.2) is 6.10 Å².